The second kappa shape index (κ2) is 7.31. The molecular formula is C23H34O5. The van der Waals surface area contributed by atoms with E-state index in [9.17, 15) is 14.4 Å². The normalized spacial score (nSPS) is 40.8. The van der Waals surface area contributed by atoms with Crippen molar-refractivity contribution in [1.82, 2.24) is 0 Å². The lowest BCUT2D eigenvalue weighted by Crippen LogP contribution is -2.59. The van der Waals surface area contributed by atoms with Gasteiger partial charge in [0, 0.05) is 6.92 Å². The van der Waals surface area contributed by atoms with Gasteiger partial charge in [-0.2, -0.15) is 0 Å². The number of aldehydes is 1. The zero-order valence-corrected chi connectivity index (χ0v) is 17.9. The van der Waals surface area contributed by atoms with Crippen molar-refractivity contribution >= 4 is 18.2 Å². The van der Waals surface area contributed by atoms with Gasteiger partial charge in [0.05, 0.1) is 24.7 Å². The van der Waals surface area contributed by atoms with Gasteiger partial charge in [0.25, 0.3) is 0 Å². The van der Waals surface area contributed by atoms with Crippen LogP contribution in [0.4, 0.5) is 0 Å². The van der Waals surface area contributed by atoms with E-state index in [0.717, 1.165) is 32.0 Å². The van der Waals surface area contributed by atoms with Crippen LogP contribution < -0.4 is 0 Å². The summed E-state index contributed by atoms with van der Waals surface area (Å²) in [6, 6.07) is 0. The lowest BCUT2D eigenvalue weighted by atomic mass is 9.39. The SMILES string of the molecule is COC(=O)[C@@H]1CC[C@@H]2[C@@]3(C)CCCC(C)(C)[C@@H]3CC[C@@]2(C=O)/C1=C/OC(C)=O. The maximum Gasteiger partial charge on any atom is 0.312 e. The summed E-state index contributed by atoms with van der Waals surface area (Å²) < 4.78 is 10.2. The smallest absolute Gasteiger partial charge is 0.312 e. The third kappa shape index (κ3) is 3.11. The van der Waals surface area contributed by atoms with Crippen molar-refractivity contribution < 1.29 is 23.9 Å². The molecule has 5 atom stereocenters. The van der Waals surface area contributed by atoms with Crippen molar-refractivity contribution in [2.45, 2.75) is 72.6 Å². The summed E-state index contributed by atoms with van der Waals surface area (Å²) in [7, 11) is 1.37. The Kier molecular flexibility index (Phi) is 5.50. The van der Waals surface area contributed by atoms with Gasteiger partial charge in [-0.05, 0) is 66.8 Å². The highest BCUT2D eigenvalue weighted by Crippen LogP contribution is 2.68. The van der Waals surface area contributed by atoms with Gasteiger partial charge in [0.15, 0.2) is 0 Å². The highest BCUT2D eigenvalue weighted by molar-refractivity contribution is 5.80. The van der Waals surface area contributed by atoms with Gasteiger partial charge in [0.1, 0.15) is 6.29 Å². The molecule has 3 fully saturated rings. The van der Waals surface area contributed by atoms with Crippen molar-refractivity contribution in [2.75, 3.05) is 7.11 Å². The highest BCUT2D eigenvalue weighted by atomic mass is 16.5. The number of hydrogen-bond acceptors (Lipinski definition) is 5. The Labute approximate surface area is 168 Å². The van der Waals surface area contributed by atoms with E-state index in [1.807, 2.05) is 0 Å². The zero-order chi connectivity index (χ0) is 20.7. The maximum atomic E-state index is 12.7. The van der Waals surface area contributed by atoms with Gasteiger partial charge in [-0.25, -0.2) is 0 Å². The van der Waals surface area contributed by atoms with Crippen molar-refractivity contribution in [1.29, 1.82) is 0 Å². The van der Waals surface area contributed by atoms with E-state index < -0.39 is 17.3 Å². The topological polar surface area (TPSA) is 69.7 Å². The minimum absolute atomic E-state index is 0.0390. The molecule has 0 amide bonds. The average molecular weight is 391 g/mol. The first-order valence-electron chi connectivity index (χ1n) is 10.5. The molecule has 0 heterocycles. The second-order valence-corrected chi connectivity index (χ2v) is 9.99. The van der Waals surface area contributed by atoms with Gasteiger partial charge < -0.3 is 14.3 Å². The fraction of sp³-hybridized carbons (Fsp3) is 0.783. The van der Waals surface area contributed by atoms with Crippen molar-refractivity contribution in [2.24, 2.45) is 34.0 Å². The lowest BCUT2D eigenvalue weighted by molar-refractivity contribution is -0.160. The summed E-state index contributed by atoms with van der Waals surface area (Å²) in [5, 5.41) is 0. The average Bonchev–Trinajstić information content (AvgIpc) is 2.64. The van der Waals surface area contributed by atoms with Crippen LogP contribution in [-0.4, -0.2) is 25.3 Å². The molecule has 0 bridgehead atoms. The fourth-order valence-electron chi connectivity index (χ4n) is 7.13. The molecule has 0 aromatic rings. The number of ether oxygens (including phenoxy) is 2. The predicted molar refractivity (Wildman–Crippen MR) is 105 cm³/mol. The Balaban J connectivity index is 2.10. The van der Waals surface area contributed by atoms with Crippen LogP contribution >= 0.6 is 0 Å². The Morgan fingerprint density at radius 1 is 1.04 bits per heavy atom. The minimum atomic E-state index is -0.759. The van der Waals surface area contributed by atoms with E-state index in [4.69, 9.17) is 9.47 Å². The van der Waals surface area contributed by atoms with Crippen molar-refractivity contribution in [3.63, 3.8) is 0 Å². The van der Waals surface area contributed by atoms with E-state index in [0.29, 0.717) is 24.3 Å². The molecule has 0 unspecified atom stereocenters. The maximum absolute atomic E-state index is 12.7. The molecule has 0 aromatic carbocycles. The highest BCUT2D eigenvalue weighted by Gasteiger charge is 2.63. The molecular weight excluding hydrogens is 356 g/mol. The number of esters is 2. The van der Waals surface area contributed by atoms with Gasteiger partial charge in [0.2, 0.25) is 0 Å². The van der Waals surface area contributed by atoms with Crippen molar-refractivity contribution in [3.05, 3.63) is 11.8 Å². The molecule has 3 saturated carbocycles. The van der Waals surface area contributed by atoms with Crippen LogP contribution in [-0.2, 0) is 23.9 Å². The molecule has 5 nitrogen and oxygen atoms in total. The Morgan fingerprint density at radius 3 is 2.36 bits per heavy atom. The molecule has 28 heavy (non-hydrogen) atoms. The first-order valence-corrected chi connectivity index (χ1v) is 10.5. The molecule has 0 radical (unpaired) electrons. The first kappa shape index (κ1) is 21.1. The number of rotatable bonds is 3. The largest absolute Gasteiger partial charge is 0.469 e. The van der Waals surface area contributed by atoms with Crippen LogP contribution in [0.15, 0.2) is 11.8 Å². The standard InChI is InChI=1S/C23H34O5/c1-15(25)28-13-17-16(20(26)27-5)7-8-19-22(4)11-6-10-21(2,3)18(22)9-12-23(17,19)14-24/h13-14,16,18-19H,6-12H2,1-5H3/b17-13+/t16-,18+,19-,22+,23-/m1/s1. The van der Waals surface area contributed by atoms with Gasteiger partial charge >= 0.3 is 11.9 Å². The van der Waals surface area contributed by atoms with Crippen LogP contribution in [0.25, 0.3) is 0 Å². The van der Waals surface area contributed by atoms with Crippen LogP contribution in [0.3, 0.4) is 0 Å². The summed E-state index contributed by atoms with van der Waals surface area (Å²) in [4.78, 5) is 36.7. The van der Waals surface area contributed by atoms with E-state index in [2.05, 4.69) is 20.8 Å². The second-order valence-electron chi connectivity index (χ2n) is 9.99. The number of methoxy groups -OCH3 is 1. The molecule has 156 valence electrons. The number of carbonyl (C=O) groups excluding carboxylic acids is 3. The molecule has 0 N–H and O–H groups in total. The van der Waals surface area contributed by atoms with Crippen LogP contribution in [0.5, 0.6) is 0 Å². The lowest BCUT2D eigenvalue weighted by Gasteiger charge is -2.64. The van der Waals surface area contributed by atoms with Gasteiger partial charge in [-0.3, -0.25) is 9.59 Å². The fourth-order valence-corrected chi connectivity index (χ4v) is 7.13. The van der Waals surface area contributed by atoms with E-state index in [1.165, 1.54) is 26.7 Å². The Bertz CT molecular complexity index is 693. The van der Waals surface area contributed by atoms with Crippen molar-refractivity contribution in [3.8, 4) is 0 Å². The molecule has 3 aliphatic carbocycles. The third-order valence-corrected chi connectivity index (χ3v) is 8.25. The monoisotopic (exact) mass is 390 g/mol. The molecule has 0 aliphatic heterocycles. The number of carbonyl (C=O) groups is 3. The molecule has 5 heteroatoms. The number of hydrogen-bond donors (Lipinski definition) is 0. The summed E-state index contributed by atoms with van der Waals surface area (Å²) in [6.07, 6.45) is 9.01. The molecule has 0 saturated heterocycles. The quantitative estimate of drug-likeness (QED) is 0.405. The zero-order valence-electron chi connectivity index (χ0n) is 17.9. The summed E-state index contributed by atoms with van der Waals surface area (Å²) >= 11 is 0. The van der Waals surface area contributed by atoms with Gasteiger partial charge in [-0.15, -0.1) is 0 Å². The molecule has 3 aliphatic rings. The molecule has 0 aromatic heterocycles. The van der Waals surface area contributed by atoms with Crippen LogP contribution in [0.1, 0.15) is 72.6 Å². The van der Waals surface area contributed by atoms with E-state index >= 15 is 0 Å². The summed E-state index contributed by atoms with van der Waals surface area (Å²) in [5.41, 5.74) is 0.174. The first-order chi connectivity index (χ1) is 13.1. The number of fused-ring (bicyclic) bond motifs is 3. The molecule has 0 spiro atoms. The van der Waals surface area contributed by atoms with Gasteiger partial charge in [-0.1, -0.05) is 27.2 Å². The van der Waals surface area contributed by atoms with E-state index in [-0.39, 0.29) is 22.7 Å². The van der Waals surface area contributed by atoms with Crippen LogP contribution in [0, 0.1) is 34.0 Å². The minimum Gasteiger partial charge on any atom is -0.469 e. The van der Waals surface area contributed by atoms with E-state index in [1.54, 1.807) is 0 Å². The summed E-state index contributed by atoms with van der Waals surface area (Å²) in [5.74, 6) is -0.620. The van der Waals surface area contributed by atoms with Crippen LogP contribution in [0.2, 0.25) is 0 Å². The Morgan fingerprint density at radius 2 is 1.75 bits per heavy atom. The summed E-state index contributed by atoms with van der Waals surface area (Å²) in [6.45, 7) is 8.40. The third-order valence-electron chi connectivity index (χ3n) is 8.25. The predicted octanol–water partition coefficient (Wildman–Crippen LogP) is 4.44. The Hall–Kier alpha value is -1.65. The molecule has 3 rings (SSSR count).